The molecule has 1 N–H and O–H groups in total. The number of nitrogens with one attached hydrogen (secondary N) is 1. The Bertz CT molecular complexity index is 1570. The Labute approximate surface area is 225 Å². The van der Waals surface area contributed by atoms with E-state index in [0.717, 1.165) is 5.56 Å². The van der Waals surface area contributed by atoms with Crippen molar-refractivity contribution in [2.75, 3.05) is 39.3 Å². The number of oxazole rings is 1. The summed E-state index contributed by atoms with van der Waals surface area (Å²) >= 11 is 6.14. The van der Waals surface area contributed by atoms with Gasteiger partial charge in [-0.15, -0.1) is 0 Å². The van der Waals surface area contributed by atoms with E-state index in [-0.39, 0.29) is 21.7 Å². The Balaban J connectivity index is 1.47. The molecule has 4 aromatic rings. The van der Waals surface area contributed by atoms with Gasteiger partial charge in [0.05, 0.1) is 19.1 Å². The molecule has 0 spiro atoms. The summed E-state index contributed by atoms with van der Waals surface area (Å²) in [5, 5.41) is 3.33. The van der Waals surface area contributed by atoms with Gasteiger partial charge >= 0.3 is 0 Å². The van der Waals surface area contributed by atoms with E-state index in [2.05, 4.69) is 10.3 Å². The highest BCUT2D eigenvalue weighted by Crippen LogP contribution is 2.37. The van der Waals surface area contributed by atoms with Gasteiger partial charge in [-0.05, 0) is 54.4 Å². The zero-order valence-corrected chi connectivity index (χ0v) is 22.3. The number of hydrogen-bond acceptors (Lipinski definition) is 9. The summed E-state index contributed by atoms with van der Waals surface area (Å²) < 4.78 is 55.2. The molecule has 5 rings (SSSR count). The van der Waals surface area contributed by atoms with E-state index in [1.165, 1.54) is 12.1 Å². The number of ether oxygens (including phenoxy) is 4. The summed E-state index contributed by atoms with van der Waals surface area (Å²) in [6.45, 7) is 1.10. The van der Waals surface area contributed by atoms with Crippen molar-refractivity contribution in [1.29, 1.82) is 0 Å². The Morgan fingerprint density at radius 1 is 0.947 bits per heavy atom. The summed E-state index contributed by atoms with van der Waals surface area (Å²) in [4.78, 5) is 4.38. The van der Waals surface area contributed by atoms with Crippen molar-refractivity contribution in [2.45, 2.75) is 16.3 Å². The first-order valence-electron chi connectivity index (χ1n) is 11.8. The van der Waals surface area contributed by atoms with Crippen LogP contribution in [0.4, 0.5) is 5.88 Å². The number of sulfone groups is 1. The van der Waals surface area contributed by atoms with Gasteiger partial charge in [0.25, 0.3) is 0 Å². The zero-order chi connectivity index (χ0) is 26.7. The smallest absolute Gasteiger partial charge is 0.233 e. The van der Waals surface area contributed by atoms with Crippen LogP contribution in [0.2, 0.25) is 5.02 Å². The van der Waals surface area contributed by atoms with Crippen LogP contribution in [0.1, 0.15) is 5.56 Å². The Hall–Kier alpha value is -3.89. The molecule has 0 saturated heterocycles. The maximum absolute atomic E-state index is 13.7. The first kappa shape index (κ1) is 25.7. The molecule has 9 nitrogen and oxygen atoms in total. The summed E-state index contributed by atoms with van der Waals surface area (Å²) in [6.07, 6.45) is 0.553. The van der Waals surface area contributed by atoms with E-state index >= 15 is 0 Å². The lowest BCUT2D eigenvalue weighted by atomic mass is 10.1. The molecule has 11 heteroatoms. The van der Waals surface area contributed by atoms with Crippen molar-refractivity contribution in [2.24, 2.45) is 0 Å². The fourth-order valence-electron chi connectivity index (χ4n) is 4.00. The monoisotopic (exact) mass is 556 g/mol. The standard InChI is InChI=1S/C27H25ClN2O7S/c1-33-21-8-6-17(14-23(21)34-2)10-11-29-26-27(30-25(37-26)18-4-3-5-19(28)15-18)38(31,32)20-7-9-22-24(16-20)36-13-12-35-22/h3-9,14-16,29H,10-13H2,1-2H3. The molecule has 38 heavy (non-hydrogen) atoms. The third-order valence-electron chi connectivity index (χ3n) is 5.89. The SMILES string of the molecule is COc1ccc(CCNc2oc(-c3cccc(Cl)c3)nc2S(=O)(=O)c2ccc3c(c2)OCCO3)cc1OC. The molecule has 1 aliphatic heterocycles. The minimum absolute atomic E-state index is 0.00985. The highest BCUT2D eigenvalue weighted by atomic mass is 35.5. The molecular weight excluding hydrogens is 532 g/mol. The van der Waals surface area contributed by atoms with Gasteiger partial charge in [-0.1, -0.05) is 23.7 Å². The Morgan fingerprint density at radius 3 is 2.50 bits per heavy atom. The molecule has 1 aromatic heterocycles. The molecule has 0 saturated carbocycles. The highest BCUT2D eigenvalue weighted by molar-refractivity contribution is 7.91. The maximum atomic E-state index is 13.7. The van der Waals surface area contributed by atoms with Crippen LogP contribution in [-0.4, -0.2) is 47.4 Å². The molecule has 0 atom stereocenters. The van der Waals surface area contributed by atoms with Gasteiger partial charge in [-0.25, -0.2) is 8.42 Å². The van der Waals surface area contributed by atoms with Crippen LogP contribution in [-0.2, 0) is 16.3 Å². The predicted octanol–water partition coefficient (Wildman–Crippen LogP) is 5.27. The minimum Gasteiger partial charge on any atom is -0.493 e. The topological polar surface area (TPSA) is 109 Å². The summed E-state index contributed by atoms with van der Waals surface area (Å²) in [5.41, 5.74) is 1.50. The van der Waals surface area contributed by atoms with Crippen LogP contribution < -0.4 is 24.3 Å². The van der Waals surface area contributed by atoms with Crippen LogP contribution >= 0.6 is 11.6 Å². The van der Waals surface area contributed by atoms with Crippen LogP contribution in [0, 0.1) is 0 Å². The van der Waals surface area contributed by atoms with Gasteiger partial charge in [-0.2, -0.15) is 4.98 Å². The van der Waals surface area contributed by atoms with Gasteiger partial charge in [0.15, 0.2) is 23.0 Å². The Morgan fingerprint density at radius 2 is 1.74 bits per heavy atom. The lowest BCUT2D eigenvalue weighted by Gasteiger charge is -2.18. The average molecular weight is 557 g/mol. The second kappa shape index (κ2) is 10.8. The molecule has 2 heterocycles. The predicted molar refractivity (Wildman–Crippen MR) is 142 cm³/mol. The summed E-state index contributed by atoms with van der Waals surface area (Å²) in [5.74, 6) is 2.22. The van der Waals surface area contributed by atoms with Gasteiger partial charge in [0, 0.05) is 23.2 Å². The molecule has 0 fully saturated rings. The van der Waals surface area contributed by atoms with Crippen LogP contribution in [0.15, 0.2) is 75.0 Å². The second-order valence-electron chi connectivity index (χ2n) is 8.34. The van der Waals surface area contributed by atoms with Crippen LogP contribution in [0.5, 0.6) is 23.0 Å². The molecule has 0 bridgehead atoms. The molecule has 0 radical (unpaired) electrons. The van der Waals surface area contributed by atoms with Crippen molar-refractivity contribution >= 4 is 27.3 Å². The van der Waals surface area contributed by atoms with Crippen molar-refractivity contribution in [3.63, 3.8) is 0 Å². The van der Waals surface area contributed by atoms with E-state index < -0.39 is 9.84 Å². The molecule has 1 aliphatic rings. The number of anilines is 1. The number of methoxy groups -OCH3 is 2. The van der Waals surface area contributed by atoms with Crippen LogP contribution in [0.3, 0.4) is 0 Å². The molecular formula is C27H25ClN2O7S. The van der Waals surface area contributed by atoms with E-state index in [4.69, 9.17) is 35.0 Å². The minimum atomic E-state index is -4.09. The largest absolute Gasteiger partial charge is 0.493 e. The molecule has 0 amide bonds. The van der Waals surface area contributed by atoms with E-state index in [1.54, 1.807) is 44.6 Å². The molecule has 0 aliphatic carbocycles. The number of rotatable bonds is 9. The van der Waals surface area contributed by atoms with E-state index in [0.29, 0.717) is 59.8 Å². The number of nitrogens with zero attached hydrogens (tertiary/aromatic N) is 1. The van der Waals surface area contributed by atoms with Gasteiger partial charge in [0.2, 0.25) is 26.6 Å². The second-order valence-corrected chi connectivity index (χ2v) is 10.6. The van der Waals surface area contributed by atoms with Crippen molar-refractivity contribution in [3.8, 4) is 34.5 Å². The molecule has 198 valence electrons. The fourth-order valence-corrected chi connectivity index (χ4v) is 5.49. The third-order valence-corrected chi connectivity index (χ3v) is 7.79. The normalized spacial score (nSPS) is 12.7. The summed E-state index contributed by atoms with van der Waals surface area (Å²) in [6, 6.07) is 16.9. The number of hydrogen-bond donors (Lipinski definition) is 1. The number of halogens is 1. The third kappa shape index (κ3) is 5.23. The molecule has 3 aromatic carbocycles. The van der Waals surface area contributed by atoms with Gasteiger partial charge in [-0.3, -0.25) is 0 Å². The number of fused-ring (bicyclic) bond motifs is 1. The van der Waals surface area contributed by atoms with Gasteiger partial charge in [0.1, 0.15) is 13.2 Å². The van der Waals surface area contributed by atoms with Crippen molar-refractivity contribution < 1.29 is 31.8 Å². The highest BCUT2D eigenvalue weighted by Gasteiger charge is 2.30. The van der Waals surface area contributed by atoms with E-state index in [1.807, 2.05) is 18.2 Å². The Kier molecular flexibility index (Phi) is 7.35. The number of benzene rings is 3. The van der Waals surface area contributed by atoms with Crippen LogP contribution in [0.25, 0.3) is 11.5 Å². The fraction of sp³-hybridized carbons (Fsp3) is 0.222. The zero-order valence-electron chi connectivity index (χ0n) is 20.7. The maximum Gasteiger partial charge on any atom is 0.233 e. The lowest BCUT2D eigenvalue weighted by molar-refractivity contribution is 0.171. The average Bonchev–Trinajstić information content (AvgIpc) is 3.38. The summed E-state index contributed by atoms with van der Waals surface area (Å²) in [7, 11) is -0.944. The first-order chi connectivity index (χ1) is 18.4. The van der Waals surface area contributed by atoms with E-state index in [9.17, 15) is 8.42 Å². The van der Waals surface area contributed by atoms with Crippen molar-refractivity contribution in [3.05, 3.63) is 71.2 Å². The quantitative estimate of drug-likeness (QED) is 0.295. The van der Waals surface area contributed by atoms with Gasteiger partial charge < -0.3 is 28.7 Å². The first-order valence-corrected chi connectivity index (χ1v) is 13.6. The number of aromatic nitrogens is 1. The van der Waals surface area contributed by atoms with Crippen molar-refractivity contribution in [1.82, 2.24) is 4.98 Å². The lowest BCUT2D eigenvalue weighted by Crippen LogP contribution is -2.16. The molecule has 0 unspecified atom stereocenters.